The molecule has 34 heavy (non-hydrogen) atoms. The lowest BCUT2D eigenvalue weighted by molar-refractivity contribution is 1.16. The van der Waals surface area contributed by atoms with Crippen molar-refractivity contribution in [3.05, 3.63) is 120 Å². The van der Waals surface area contributed by atoms with Crippen LogP contribution < -0.4 is 0 Å². The Balaban J connectivity index is 1.71. The molecule has 2 heterocycles. The molecule has 0 bridgehead atoms. The molecular formula is C32H24N2. The number of rotatable bonds is 2. The van der Waals surface area contributed by atoms with Gasteiger partial charge in [-0.15, -0.1) is 0 Å². The standard InChI is InChI=1S/C32H24N2/c1-21-13-15-25-27-19-28-26-16-14-22(2)18-30(26)34(24-11-7-4-8-12-24)32(28)20-31(27)33(29(25)17-21)23-9-5-3-6-10-23/h3-20H,1-2H3. The van der Waals surface area contributed by atoms with Crippen LogP contribution in [0.15, 0.2) is 109 Å². The third kappa shape index (κ3) is 2.69. The molecule has 0 aliphatic rings. The molecule has 2 heteroatoms. The van der Waals surface area contributed by atoms with Crippen LogP contribution >= 0.6 is 0 Å². The summed E-state index contributed by atoms with van der Waals surface area (Å²) < 4.78 is 4.82. The van der Waals surface area contributed by atoms with Gasteiger partial charge in [0, 0.05) is 32.9 Å². The lowest BCUT2D eigenvalue weighted by Gasteiger charge is -2.10. The van der Waals surface area contributed by atoms with Crippen molar-refractivity contribution < 1.29 is 0 Å². The van der Waals surface area contributed by atoms with Crippen molar-refractivity contribution in [3.8, 4) is 11.4 Å². The van der Waals surface area contributed by atoms with E-state index < -0.39 is 0 Å². The lowest BCUT2D eigenvalue weighted by Crippen LogP contribution is -1.95. The fourth-order valence-electron chi connectivity index (χ4n) is 5.46. The van der Waals surface area contributed by atoms with E-state index >= 15 is 0 Å². The maximum atomic E-state index is 2.41. The van der Waals surface area contributed by atoms with Crippen molar-refractivity contribution in [2.24, 2.45) is 0 Å². The number of benzene rings is 5. The van der Waals surface area contributed by atoms with Gasteiger partial charge in [0.1, 0.15) is 0 Å². The molecule has 0 radical (unpaired) electrons. The molecule has 0 amide bonds. The van der Waals surface area contributed by atoms with Crippen molar-refractivity contribution in [1.29, 1.82) is 0 Å². The zero-order valence-electron chi connectivity index (χ0n) is 19.3. The second kappa shape index (κ2) is 7.10. The molecule has 2 nitrogen and oxygen atoms in total. The summed E-state index contributed by atoms with van der Waals surface area (Å²) in [5.74, 6) is 0. The molecule has 0 aliphatic heterocycles. The zero-order valence-corrected chi connectivity index (χ0v) is 19.3. The van der Waals surface area contributed by atoms with Gasteiger partial charge < -0.3 is 9.13 Å². The summed E-state index contributed by atoms with van der Waals surface area (Å²) in [6, 6.07) is 39.8. The number of aryl methyl sites for hydroxylation is 2. The maximum absolute atomic E-state index is 2.41. The average Bonchev–Trinajstić information content (AvgIpc) is 3.34. The van der Waals surface area contributed by atoms with Gasteiger partial charge in [-0.25, -0.2) is 0 Å². The van der Waals surface area contributed by atoms with Gasteiger partial charge in [-0.05, 0) is 73.5 Å². The van der Waals surface area contributed by atoms with Crippen LogP contribution in [-0.4, -0.2) is 9.13 Å². The van der Waals surface area contributed by atoms with E-state index in [2.05, 4.69) is 132 Å². The van der Waals surface area contributed by atoms with Gasteiger partial charge in [0.05, 0.1) is 22.1 Å². The summed E-state index contributed by atoms with van der Waals surface area (Å²) in [5.41, 5.74) is 9.88. The van der Waals surface area contributed by atoms with E-state index in [1.165, 1.54) is 66.1 Å². The molecular weight excluding hydrogens is 412 g/mol. The Bertz CT molecular complexity index is 1720. The van der Waals surface area contributed by atoms with Gasteiger partial charge in [-0.2, -0.15) is 0 Å². The summed E-state index contributed by atoms with van der Waals surface area (Å²) in [5, 5.41) is 5.16. The van der Waals surface area contributed by atoms with E-state index in [1.807, 2.05) is 0 Å². The highest BCUT2D eigenvalue weighted by Gasteiger charge is 2.18. The molecule has 0 unspecified atom stereocenters. The molecule has 0 spiro atoms. The van der Waals surface area contributed by atoms with Crippen LogP contribution in [0.5, 0.6) is 0 Å². The van der Waals surface area contributed by atoms with E-state index in [0.717, 1.165) is 0 Å². The molecule has 162 valence electrons. The Labute approximate surface area is 198 Å². The third-order valence-electron chi connectivity index (χ3n) is 6.99. The predicted octanol–water partition coefficient (Wildman–Crippen LogP) is 8.50. The number of para-hydroxylation sites is 2. The Morgan fingerprint density at radius 2 is 0.794 bits per heavy atom. The normalized spacial score (nSPS) is 11.8. The monoisotopic (exact) mass is 436 g/mol. The highest BCUT2D eigenvalue weighted by Crippen LogP contribution is 2.39. The van der Waals surface area contributed by atoms with Gasteiger partial charge in [0.2, 0.25) is 0 Å². The summed E-state index contributed by atoms with van der Waals surface area (Å²) in [7, 11) is 0. The number of hydrogen-bond donors (Lipinski definition) is 0. The van der Waals surface area contributed by atoms with Crippen molar-refractivity contribution in [2.75, 3.05) is 0 Å². The lowest BCUT2D eigenvalue weighted by atomic mass is 10.1. The first-order valence-corrected chi connectivity index (χ1v) is 11.8. The van der Waals surface area contributed by atoms with Crippen molar-refractivity contribution in [3.63, 3.8) is 0 Å². The zero-order chi connectivity index (χ0) is 22.8. The first-order valence-electron chi connectivity index (χ1n) is 11.8. The first kappa shape index (κ1) is 19.2. The Morgan fingerprint density at radius 1 is 0.382 bits per heavy atom. The average molecular weight is 437 g/mol. The van der Waals surface area contributed by atoms with Gasteiger partial charge in [-0.3, -0.25) is 0 Å². The Hall–Kier alpha value is -4.30. The van der Waals surface area contributed by atoms with Crippen LogP contribution in [0.2, 0.25) is 0 Å². The minimum Gasteiger partial charge on any atom is -0.309 e. The number of nitrogens with zero attached hydrogens (tertiary/aromatic N) is 2. The van der Waals surface area contributed by atoms with Crippen molar-refractivity contribution >= 4 is 43.6 Å². The van der Waals surface area contributed by atoms with Crippen LogP contribution in [-0.2, 0) is 0 Å². The smallest absolute Gasteiger partial charge is 0.0562 e. The number of hydrogen-bond acceptors (Lipinski definition) is 0. The SMILES string of the molecule is Cc1ccc2c3cc4c5ccc(C)cc5n(-c5ccccc5)c4cc3n(-c3ccccc3)c2c1. The van der Waals surface area contributed by atoms with Gasteiger partial charge in [-0.1, -0.05) is 60.7 Å². The molecule has 5 aromatic carbocycles. The fourth-order valence-corrected chi connectivity index (χ4v) is 5.46. The maximum Gasteiger partial charge on any atom is 0.0562 e. The predicted molar refractivity (Wildman–Crippen MR) is 145 cm³/mol. The van der Waals surface area contributed by atoms with Crippen LogP contribution in [0.3, 0.4) is 0 Å². The summed E-state index contributed by atoms with van der Waals surface area (Å²) in [6.45, 7) is 4.34. The van der Waals surface area contributed by atoms with Crippen molar-refractivity contribution in [1.82, 2.24) is 9.13 Å². The van der Waals surface area contributed by atoms with E-state index in [1.54, 1.807) is 0 Å². The summed E-state index contributed by atoms with van der Waals surface area (Å²) in [6.07, 6.45) is 0. The molecule has 7 aromatic rings. The molecule has 0 saturated heterocycles. The largest absolute Gasteiger partial charge is 0.309 e. The summed E-state index contributed by atoms with van der Waals surface area (Å²) >= 11 is 0. The third-order valence-corrected chi connectivity index (χ3v) is 6.99. The van der Waals surface area contributed by atoms with Crippen LogP contribution in [0.4, 0.5) is 0 Å². The van der Waals surface area contributed by atoms with E-state index in [0.29, 0.717) is 0 Å². The molecule has 0 N–H and O–H groups in total. The van der Waals surface area contributed by atoms with Gasteiger partial charge >= 0.3 is 0 Å². The first-order chi connectivity index (χ1) is 16.7. The van der Waals surface area contributed by atoms with Gasteiger partial charge in [0.15, 0.2) is 0 Å². The van der Waals surface area contributed by atoms with Crippen molar-refractivity contribution in [2.45, 2.75) is 13.8 Å². The van der Waals surface area contributed by atoms with Gasteiger partial charge in [0.25, 0.3) is 0 Å². The second-order valence-corrected chi connectivity index (χ2v) is 9.27. The van der Waals surface area contributed by atoms with E-state index in [9.17, 15) is 0 Å². The molecule has 7 rings (SSSR count). The molecule has 2 aromatic heterocycles. The molecule has 0 fully saturated rings. The Morgan fingerprint density at radius 3 is 1.24 bits per heavy atom. The minimum atomic E-state index is 1.19. The number of aromatic nitrogens is 2. The summed E-state index contributed by atoms with van der Waals surface area (Å²) in [4.78, 5) is 0. The quantitative estimate of drug-likeness (QED) is 0.257. The molecule has 0 saturated carbocycles. The second-order valence-electron chi connectivity index (χ2n) is 9.27. The highest BCUT2D eigenvalue weighted by atomic mass is 15.0. The topological polar surface area (TPSA) is 9.86 Å². The van der Waals surface area contributed by atoms with Crippen LogP contribution in [0.1, 0.15) is 11.1 Å². The number of fused-ring (bicyclic) bond motifs is 6. The van der Waals surface area contributed by atoms with Crippen LogP contribution in [0, 0.1) is 13.8 Å². The van der Waals surface area contributed by atoms with E-state index in [4.69, 9.17) is 0 Å². The molecule has 0 atom stereocenters. The van der Waals surface area contributed by atoms with Crippen LogP contribution in [0.25, 0.3) is 55.0 Å². The molecule has 0 aliphatic carbocycles. The highest BCUT2D eigenvalue weighted by molar-refractivity contribution is 6.19. The van der Waals surface area contributed by atoms with E-state index in [-0.39, 0.29) is 0 Å². The fraction of sp³-hybridized carbons (Fsp3) is 0.0625. The Kier molecular flexibility index (Phi) is 4.01. The minimum absolute atomic E-state index is 1.19.